The van der Waals surface area contributed by atoms with E-state index in [2.05, 4.69) is 47.1 Å². The van der Waals surface area contributed by atoms with Crippen molar-refractivity contribution in [2.24, 2.45) is 0 Å². The van der Waals surface area contributed by atoms with Gasteiger partial charge in [-0.25, -0.2) is 0 Å². The SMILES string of the molecule is CCSc1ccc(CCOCCCCCCBr)cc1. The fraction of sp³-hybridized carbons (Fsp3) is 0.625. The molecule has 0 aliphatic rings. The molecule has 0 aliphatic carbocycles. The molecule has 1 nitrogen and oxygen atoms in total. The highest BCUT2D eigenvalue weighted by molar-refractivity contribution is 9.09. The average Bonchev–Trinajstić information content (AvgIpc) is 2.44. The minimum Gasteiger partial charge on any atom is -0.381 e. The van der Waals surface area contributed by atoms with Gasteiger partial charge in [-0.1, -0.05) is 47.8 Å². The summed E-state index contributed by atoms with van der Waals surface area (Å²) >= 11 is 5.34. The number of thioether (sulfide) groups is 1. The minimum absolute atomic E-state index is 0.846. The summed E-state index contributed by atoms with van der Waals surface area (Å²) < 4.78 is 5.68. The summed E-state index contributed by atoms with van der Waals surface area (Å²) in [6.07, 6.45) is 6.10. The van der Waals surface area contributed by atoms with Crippen LogP contribution in [0.25, 0.3) is 0 Å². The Morgan fingerprint density at radius 2 is 1.74 bits per heavy atom. The molecule has 0 fully saturated rings. The van der Waals surface area contributed by atoms with Crippen LogP contribution in [0.3, 0.4) is 0 Å². The third-order valence-electron chi connectivity index (χ3n) is 2.94. The van der Waals surface area contributed by atoms with E-state index in [1.54, 1.807) is 0 Å². The van der Waals surface area contributed by atoms with E-state index in [-0.39, 0.29) is 0 Å². The Kier molecular flexibility index (Phi) is 10.6. The van der Waals surface area contributed by atoms with E-state index in [0.717, 1.165) is 30.7 Å². The lowest BCUT2D eigenvalue weighted by atomic mass is 10.2. The van der Waals surface area contributed by atoms with Crippen molar-refractivity contribution in [2.75, 3.05) is 24.3 Å². The van der Waals surface area contributed by atoms with Gasteiger partial charge in [-0.05, 0) is 42.7 Å². The number of alkyl halides is 1. The number of rotatable bonds is 11. The molecule has 19 heavy (non-hydrogen) atoms. The molecule has 0 saturated heterocycles. The number of hydrogen-bond acceptors (Lipinski definition) is 2. The van der Waals surface area contributed by atoms with E-state index in [0.29, 0.717) is 0 Å². The molecule has 0 amide bonds. The lowest BCUT2D eigenvalue weighted by Crippen LogP contribution is -2.00. The average molecular weight is 345 g/mol. The van der Waals surface area contributed by atoms with Crippen molar-refractivity contribution in [3.63, 3.8) is 0 Å². The van der Waals surface area contributed by atoms with Gasteiger partial charge in [0.1, 0.15) is 0 Å². The summed E-state index contributed by atoms with van der Waals surface area (Å²) in [6.45, 7) is 3.94. The van der Waals surface area contributed by atoms with Gasteiger partial charge in [0.05, 0.1) is 6.61 Å². The lowest BCUT2D eigenvalue weighted by Gasteiger charge is -2.05. The first kappa shape index (κ1) is 17.1. The van der Waals surface area contributed by atoms with Crippen LogP contribution in [0, 0.1) is 0 Å². The Morgan fingerprint density at radius 1 is 1.00 bits per heavy atom. The number of unbranched alkanes of at least 4 members (excludes halogenated alkanes) is 3. The molecule has 0 aromatic heterocycles. The van der Waals surface area contributed by atoms with E-state index in [4.69, 9.17) is 4.74 Å². The van der Waals surface area contributed by atoms with E-state index in [9.17, 15) is 0 Å². The normalized spacial score (nSPS) is 10.8. The summed E-state index contributed by atoms with van der Waals surface area (Å²) in [5.74, 6) is 1.14. The van der Waals surface area contributed by atoms with Gasteiger partial charge in [0, 0.05) is 16.8 Å². The maximum absolute atomic E-state index is 5.68. The van der Waals surface area contributed by atoms with Gasteiger partial charge in [0.15, 0.2) is 0 Å². The molecule has 0 radical (unpaired) electrons. The van der Waals surface area contributed by atoms with Crippen molar-refractivity contribution in [3.8, 4) is 0 Å². The standard InChI is InChI=1S/C16H25BrOS/c1-2-19-16-9-7-15(8-10-16)11-14-18-13-6-4-3-5-12-17/h7-10H,2-6,11-14H2,1H3. The monoisotopic (exact) mass is 344 g/mol. The molecule has 1 aromatic rings. The second kappa shape index (κ2) is 11.8. The smallest absolute Gasteiger partial charge is 0.0506 e. The first-order chi connectivity index (χ1) is 9.36. The largest absolute Gasteiger partial charge is 0.381 e. The molecular weight excluding hydrogens is 320 g/mol. The molecule has 0 unspecified atom stereocenters. The molecule has 108 valence electrons. The van der Waals surface area contributed by atoms with Gasteiger partial charge in [0.2, 0.25) is 0 Å². The summed E-state index contributed by atoms with van der Waals surface area (Å²) in [5.41, 5.74) is 1.37. The molecule has 0 atom stereocenters. The van der Waals surface area contributed by atoms with Gasteiger partial charge in [-0.15, -0.1) is 11.8 Å². The topological polar surface area (TPSA) is 9.23 Å². The van der Waals surface area contributed by atoms with Crippen LogP contribution in [0.4, 0.5) is 0 Å². The molecule has 1 rings (SSSR count). The Morgan fingerprint density at radius 3 is 2.42 bits per heavy atom. The quantitative estimate of drug-likeness (QED) is 0.305. The van der Waals surface area contributed by atoms with Crippen LogP contribution in [0.2, 0.25) is 0 Å². The zero-order chi connectivity index (χ0) is 13.8. The molecule has 0 saturated carbocycles. The predicted molar refractivity (Wildman–Crippen MR) is 89.6 cm³/mol. The summed E-state index contributed by atoms with van der Waals surface area (Å²) in [7, 11) is 0. The van der Waals surface area contributed by atoms with Gasteiger partial charge >= 0.3 is 0 Å². The maximum atomic E-state index is 5.68. The van der Waals surface area contributed by atoms with Gasteiger partial charge in [-0.2, -0.15) is 0 Å². The zero-order valence-electron chi connectivity index (χ0n) is 11.9. The van der Waals surface area contributed by atoms with Crippen molar-refractivity contribution >= 4 is 27.7 Å². The first-order valence-electron chi connectivity index (χ1n) is 7.22. The molecular formula is C16H25BrOS. The summed E-state index contributed by atoms with van der Waals surface area (Å²) in [6, 6.07) is 8.86. The fourth-order valence-electron chi connectivity index (χ4n) is 1.86. The van der Waals surface area contributed by atoms with Crippen LogP contribution < -0.4 is 0 Å². The van der Waals surface area contributed by atoms with Gasteiger partial charge < -0.3 is 4.74 Å². The molecule has 0 bridgehead atoms. The van der Waals surface area contributed by atoms with Crippen LogP contribution in [0.5, 0.6) is 0 Å². The Bertz CT molecular complexity index is 313. The highest BCUT2D eigenvalue weighted by Crippen LogP contribution is 2.17. The van der Waals surface area contributed by atoms with Crippen molar-refractivity contribution in [1.29, 1.82) is 0 Å². The van der Waals surface area contributed by atoms with Crippen molar-refractivity contribution in [3.05, 3.63) is 29.8 Å². The Hall–Kier alpha value is 0.01000. The van der Waals surface area contributed by atoms with Gasteiger partial charge in [-0.3, -0.25) is 0 Å². The summed E-state index contributed by atoms with van der Waals surface area (Å²) in [5, 5.41) is 1.13. The minimum atomic E-state index is 0.846. The van der Waals surface area contributed by atoms with Crippen LogP contribution in [0.1, 0.15) is 38.2 Å². The Balaban J connectivity index is 2.02. The number of ether oxygens (including phenoxy) is 1. The first-order valence-corrected chi connectivity index (χ1v) is 9.33. The van der Waals surface area contributed by atoms with Crippen molar-refractivity contribution < 1.29 is 4.74 Å². The van der Waals surface area contributed by atoms with E-state index in [1.807, 2.05) is 11.8 Å². The molecule has 0 heterocycles. The van der Waals surface area contributed by atoms with Gasteiger partial charge in [0.25, 0.3) is 0 Å². The molecule has 0 N–H and O–H groups in total. The predicted octanol–water partition coefficient (Wildman–Crippen LogP) is 5.31. The van der Waals surface area contributed by atoms with Crippen LogP contribution in [-0.2, 0) is 11.2 Å². The summed E-state index contributed by atoms with van der Waals surface area (Å²) in [4.78, 5) is 1.36. The van der Waals surface area contributed by atoms with Crippen LogP contribution in [0.15, 0.2) is 29.2 Å². The van der Waals surface area contributed by atoms with E-state index in [1.165, 1.54) is 36.1 Å². The fourth-order valence-corrected chi connectivity index (χ4v) is 2.92. The van der Waals surface area contributed by atoms with Crippen LogP contribution in [-0.4, -0.2) is 24.3 Å². The second-order valence-electron chi connectivity index (χ2n) is 4.54. The number of halogens is 1. The molecule has 0 aliphatic heterocycles. The zero-order valence-corrected chi connectivity index (χ0v) is 14.3. The van der Waals surface area contributed by atoms with Crippen LogP contribution >= 0.6 is 27.7 Å². The number of hydrogen-bond donors (Lipinski definition) is 0. The molecule has 1 aromatic carbocycles. The highest BCUT2D eigenvalue weighted by Gasteiger charge is 1.96. The van der Waals surface area contributed by atoms with Crippen molar-refractivity contribution in [1.82, 2.24) is 0 Å². The van der Waals surface area contributed by atoms with E-state index >= 15 is 0 Å². The second-order valence-corrected chi connectivity index (χ2v) is 6.67. The third-order valence-corrected chi connectivity index (χ3v) is 4.40. The Labute approximate surface area is 130 Å². The number of benzene rings is 1. The third kappa shape index (κ3) is 8.72. The maximum Gasteiger partial charge on any atom is 0.0506 e. The lowest BCUT2D eigenvalue weighted by molar-refractivity contribution is 0.133. The van der Waals surface area contributed by atoms with Crippen molar-refractivity contribution in [2.45, 2.75) is 43.9 Å². The van der Waals surface area contributed by atoms with E-state index < -0.39 is 0 Å². The molecule has 3 heteroatoms. The highest BCUT2D eigenvalue weighted by atomic mass is 79.9. The molecule has 0 spiro atoms.